The van der Waals surface area contributed by atoms with Crippen LogP contribution in [0.1, 0.15) is 66.4 Å². The van der Waals surface area contributed by atoms with Crippen LogP contribution in [0.25, 0.3) is 0 Å². The predicted molar refractivity (Wildman–Crippen MR) is 122 cm³/mol. The van der Waals surface area contributed by atoms with E-state index in [-0.39, 0.29) is 23.3 Å². The molecule has 1 aromatic carbocycles. The maximum absolute atomic E-state index is 13.1. The van der Waals surface area contributed by atoms with E-state index in [0.717, 1.165) is 9.87 Å². The minimum atomic E-state index is -3.84. The van der Waals surface area contributed by atoms with Crippen LogP contribution in [-0.4, -0.2) is 32.7 Å². The zero-order valence-corrected chi connectivity index (χ0v) is 20.6. The number of rotatable bonds is 6. The Labute approximate surface area is 178 Å². The summed E-state index contributed by atoms with van der Waals surface area (Å²) in [7, 11) is -5.71. The summed E-state index contributed by atoms with van der Waals surface area (Å²) in [6, 6.07) is 6.30. The molecule has 0 aliphatic carbocycles. The van der Waals surface area contributed by atoms with Crippen molar-refractivity contribution in [3.8, 4) is 11.5 Å². The number of benzene rings is 1. The second-order valence-corrected chi connectivity index (χ2v) is 16.5. The lowest BCUT2D eigenvalue weighted by atomic mass is 10.2. The Hall–Kier alpha value is -1.58. The summed E-state index contributed by atoms with van der Waals surface area (Å²) in [6.07, 6.45) is 1.22. The van der Waals surface area contributed by atoms with Gasteiger partial charge in [0.2, 0.25) is 5.91 Å². The van der Waals surface area contributed by atoms with Gasteiger partial charge in [0, 0.05) is 12.8 Å². The fourth-order valence-electron chi connectivity index (χ4n) is 4.82. The standard InChI is InChI=1S/C23H35NO3SSi/c1-17(2)29(18(3)4,19(5)6)16-8-9-21-12-15-23(25)24(21)28(26,27)22-13-10-20(7)11-14-22/h10-11,13-14,17-19,21H,9,12,15H2,1-7H3. The van der Waals surface area contributed by atoms with Crippen LogP contribution in [-0.2, 0) is 14.8 Å². The van der Waals surface area contributed by atoms with Crippen molar-refractivity contribution in [3.05, 3.63) is 29.8 Å². The molecule has 2 rings (SSSR count). The van der Waals surface area contributed by atoms with Crippen LogP contribution in [0, 0.1) is 18.4 Å². The Balaban J connectivity index is 2.33. The first kappa shape index (κ1) is 23.7. The summed E-state index contributed by atoms with van der Waals surface area (Å²) in [6.45, 7) is 15.5. The van der Waals surface area contributed by atoms with Gasteiger partial charge in [-0.1, -0.05) is 59.2 Å². The van der Waals surface area contributed by atoms with Crippen LogP contribution in [0.15, 0.2) is 29.2 Å². The highest BCUT2D eigenvalue weighted by Crippen LogP contribution is 2.41. The van der Waals surface area contributed by atoms with Crippen molar-refractivity contribution in [3.63, 3.8) is 0 Å². The van der Waals surface area contributed by atoms with Gasteiger partial charge in [0.1, 0.15) is 8.07 Å². The van der Waals surface area contributed by atoms with E-state index in [4.69, 9.17) is 0 Å². The number of carbonyl (C=O) groups excluding carboxylic acids is 1. The number of hydrogen-bond acceptors (Lipinski definition) is 3. The van der Waals surface area contributed by atoms with Crippen molar-refractivity contribution in [2.45, 2.75) is 95.3 Å². The molecule has 0 aromatic heterocycles. The van der Waals surface area contributed by atoms with E-state index in [1.54, 1.807) is 24.3 Å². The molecule has 160 valence electrons. The Morgan fingerprint density at radius 2 is 1.55 bits per heavy atom. The van der Waals surface area contributed by atoms with Crippen molar-refractivity contribution in [1.82, 2.24) is 4.31 Å². The first-order chi connectivity index (χ1) is 13.4. The van der Waals surface area contributed by atoms with Gasteiger partial charge in [-0.15, -0.1) is 11.5 Å². The van der Waals surface area contributed by atoms with Crippen molar-refractivity contribution in [2.75, 3.05) is 0 Å². The fraction of sp³-hybridized carbons (Fsp3) is 0.609. The average molecular weight is 434 g/mol. The van der Waals surface area contributed by atoms with E-state index in [1.807, 2.05) is 6.92 Å². The van der Waals surface area contributed by atoms with Gasteiger partial charge in [0.15, 0.2) is 0 Å². The molecule has 0 radical (unpaired) electrons. The van der Waals surface area contributed by atoms with E-state index < -0.39 is 18.1 Å². The van der Waals surface area contributed by atoms with Crippen molar-refractivity contribution in [1.29, 1.82) is 0 Å². The molecule has 1 amide bonds. The van der Waals surface area contributed by atoms with E-state index >= 15 is 0 Å². The number of hydrogen-bond donors (Lipinski definition) is 0. The molecule has 1 unspecified atom stereocenters. The van der Waals surface area contributed by atoms with E-state index in [0.29, 0.717) is 29.5 Å². The highest BCUT2D eigenvalue weighted by molar-refractivity contribution is 7.89. The number of nitrogens with zero attached hydrogens (tertiary/aromatic N) is 1. The smallest absolute Gasteiger partial charge is 0.266 e. The van der Waals surface area contributed by atoms with E-state index in [9.17, 15) is 13.2 Å². The summed E-state index contributed by atoms with van der Waals surface area (Å²) in [4.78, 5) is 12.6. The molecule has 29 heavy (non-hydrogen) atoms. The largest absolute Gasteiger partial charge is 0.274 e. The van der Waals surface area contributed by atoms with Gasteiger partial charge in [-0.3, -0.25) is 4.79 Å². The van der Waals surface area contributed by atoms with Gasteiger partial charge < -0.3 is 0 Å². The van der Waals surface area contributed by atoms with E-state index in [2.05, 4.69) is 53.0 Å². The lowest BCUT2D eigenvalue weighted by molar-refractivity contribution is -0.124. The van der Waals surface area contributed by atoms with Gasteiger partial charge in [0.05, 0.1) is 10.9 Å². The molecule has 0 spiro atoms. The Morgan fingerprint density at radius 1 is 1.03 bits per heavy atom. The van der Waals surface area contributed by atoms with Crippen LogP contribution in [0.2, 0.25) is 16.6 Å². The number of aryl methyl sites for hydroxylation is 1. The molecule has 1 aromatic rings. The van der Waals surface area contributed by atoms with Crippen LogP contribution < -0.4 is 0 Å². The minimum absolute atomic E-state index is 0.173. The third-order valence-corrected chi connectivity index (χ3v) is 14.6. The molecule has 1 atom stereocenters. The van der Waals surface area contributed by atoms with Gasteiger partial charge in [0.25, 0.3) is 10.0 Å². The molecule has 0 N–H and O–H groups in total. The highest BCUT2D eigenvalue weighted by atomic mass is 32.2. The lowest BCUT2D eigenvalue weighted by Crippen LogP contribution is -2.43. The van der Waals surface area contributed by atoms with Crippen LogP contribution in [0.5, 0.6) is 0 Å². The van der Waals surface area contributed by atoms with Crippen molar-refractivity contribution in [2.24, 2.45) is 0 Å². The molecule has 1 aliphatic heterocycles. The lowest BCUT2D eigenvalue weighted by Gasteiger charge is -2.38. The zero-order valence-electron chi connectivity index (χ0n) is 18.8. The summed E-state index contributed by atoms with van der Waals surface area (Å²) >= 11 is 0. The summed E-state index contributed by atoms with van der Waals surface area (Å²) in [5.41, 5.74) is 6.19. The molecule has 1 saturated heterocycles. The van der Waals surface area contributed by atoms with Gasteiger partial charge >= 0.3 is 0 Å². The molecule has 4 nitrogen and oxygen atoms in total. The number of amides is 1. The Morgan fingerprint density at radius 3 is 2.03 bits per heavy atom. The van der Waals surface area contributed by atoms with Crippen molar-refractivity contribution >= 4 is 24.0 Å². The predicted octanol–water partition coefficient (Wildman–Crippen LogP) is 5.29. The monoisotopic (exact) mass is 433 g/mol. The molecule has 1 aliphatic rings. The second-order valence-electron chi connectivity index (χ2n) is 9.10. The first-order valence-electron chi connectivity index (χ1n) is 10.6. The fourth-order valence-corrected chi connectivity index (χ4v) is 11.7. The third-order valence-electron chi connectivity index (χ3n) is 6.36. The second kappa shape index (κ2) is 9.05. The molecule has 0 saturated carbocycles. The molecule has 6 heteroatoms. The van der Waals surface area contributed by atoms with E-state index in [1.165, 1.54) is 0 Å². The highest BCUT2D eigenvalue weighted by Gasteiger charge is 2.43. The average Bonchev–Trinajstić information content (AvgIpc) is 2.99. The number of carbonyl (C=O) groups is 1. The van der Waals surface area contributed by atoms with Crippen molar-refractivity contribution < 1.29 is 13.2 Å². The Kier molecular flexibility index (Phi) is 7.40. The first-order valence-corrected chi connectivity index (χ1v) is 14.3. The molecular weight excluding hydrogens is 398 g/mol. The maximum Gasteiger partial charge on any atom is 0.266 e. The molecule has 1 fully saturated rings. The molecular formula is C23H35NO3SSi. The quantitative estimate of drug-likeness (QED) is 0.453. The van der Waals surface area contributed by atoms with Crippen LogP contribution in [0.3, 0.4) is 0 Å². The van der Waals surface area contributed by atoms with Gasteiger partial charge in [-0.25, -0.2) is 12.7 Å². The zero-order chi connectivity index (χ0) is 22.0. The maximum atomic E-state index is 13.1. The third kappa shape index (κ3) is 4.62. The van der Waals surface area contributed by atoms with Gasteiger partial charge in [-0.05, 0) is 42.1 Å². The number of sulfonamides is 1. The summed E-state index contributed by atoms with van der Waals surface area (Å²) in [5, 5.41) is 0. The molecule has 1 heterocycles. The summed E-state index contributed by atoms with van der Waals surface area (Å²) < 4.78 is 27.3. The molecule has 0 bridgehead atoms. The Bertz CT molecular complexity index is 871. The topological polar surface area (TPSA) is 54.5 Å². The van der Waals surface area contributed by atoms with Crippen LogP contribution >= 0.6 is 0 Å². The van der Waals surface area contributed by atoms with Crippen LogP contribution in [0.4, 0.5) is 0 Å². The SMILES string of the molecule is Cc1ccc(S(=O)(=O)N2C(=O)CCC2CC#C[Si](C(C)C)(C(C)C)C(C)C)cc1. The summed E-state index contributed by atoms with van der Waals surface area (Å²) in [5.74, 6) is 3.03. The minimum Gasteiger partial charge on any atom is -0.274 e. The van der Waals surface area contributed by atoms with Gasteiger partial charge in [-0.2, -0.15) is 0 Å². The normalized spacial score (nSPS) is 17.9.